The highest BCUT2D eigenvalue weighted by Crippen LogP contribution is 2.33. The van der Waals surface area contributed by atoms with Crippen LogP contribution in [0, 0.1) is 5.92 Å². The molecule has 1 aromatic heterocycles. The first kappa shape index (κ1) is 10.5. The molecule has 0 amide bonds. The van der Waals surface area contributed by atoms with Crippen molar-refractivity contribution < 1.29 is 13.3 Å². The van der Waals surface area contributed by atoms with Gasteiger partial charge in [-0.25, -0.2) is 8.78 Å². The molecule has 0 bridgehead atoms. The Labute approximate surface area is 87.0 Å². The van der Waals surface area contributed by atoms with Crippen LogP contribution in [0.15, 0.2) is 16.9 Å². The van der Waals surface area contributed by atoms with E-state index in [2.05, 4.69) is 5.16 Å². The minimum atomic E-state index is -2.51. The lowest BCUT2D eigenvalue weighted by Gasteiger charge is -2.36. The zero-order valence-electron chi connectivity index (χ0n) is 8.62. The summed E-state index contributed by atoms with van der Waals surface area (Å²) in [6, 6.07) is 1.76. The largest absolute Gasteiger partial charge is 0.364 e. The number of halogens is 2. The molecule has 1 atom stereocenters. The number of piperidine rings is 1. The molecule has 1 fully saturated rings. The summed E-state index contributed by atoms with van der Waals surface area (Å²) < 4.78 is 31.1. The Morgan fingerprint density at radius 2 is 2.47 bits per heavy atom. The molecule has 84 valence electrons. The standard InChI is InChI=1S/C10H14F2N2O/c1-8-6-14(4-3-10(8,11)12)7-9-2-5-15-13-9/h2,5,8H,3-4,6-7H2,1H3. The number of aromatic nitrogens is 1. The Morgan fingerprint density at radius 1 is 1.67 bits per heavy atom. The van der Waals surface area contributed by atoms with Gasteiger partial charge < -0.3 is 4.52 Å². The predicted octanol–water partition coefficient (Wildman–Crippen LogP) is 2.15. The maximum absolute atomic E-state index is 13.2. The molecule has 0 saturated carbocycles. The van der Waals surface area contributed by atoms with Gasteiger partial charge in [-0.05, 0) is 0 Å². The molecule has 0 N–H and O–H groups in total. The van der Waals surface area contributed by atoms with Crippen LogP contribution in [0.5, 0.6) is 0 Å². The van der Waals surface area contributed by atoms with Gasteiger partial charge in [-0.1, -0.05) is 12.1 Å². The second-order valence-corrected chi connectivity index (χ2v) is 4.14. The fraction of sp³-hybridized carbons (Fsp3) is 0.700. The molecule has 0 radical (unpaired) electrons. The van der Waals surface area contributed by atoms with Crippen molar-refractivity contribution in [3.63, 3.8) is 0 Å². The second-order valence-electron chi connectivity index (χ2n) is 4.14. The zero-order chi connectivity index (χ0) is 10.9. The van der Waals surface area contributed by atoms with Crippen molar-refractivity contribution in [3.8, 4) is 0 Å². The van der Waals surface area contributed by atoms with Crippen LogP contribution in [0.1, 0.15) is 19.0 Å². The molecule has 1 aliphatic rings. The van der Waals surface area contributed by atoms with E-state index in [-0.39, 0.29) is 6.42 Å². The maximum atomic E-state index is 13.2. The van der Waals surface area contributed by atoms with E-state index in [1.165, 1.54) is 6.26 Å². The molecule has 2 heterocycles. The maximum Gasteiger partial charge on any atom is 0.253 e. The van der Waals surface area contributed by atoms with Crippen LogP contribution in [0.25, 0.3) is 0 Å². The average molecular weight is 216 g/mol. The lowest BCUT2D eigenvalue weighted by molar-refractivity contribution is -0.100. The van der Waals surface area contributed by atoms with E-state index in [1.807, 2.05) is 4.90 Å². The van der Waals surface area contributed by atoms with Gasteiger partial charge in [-0.2, -0.15) is 0 Å². The van der Waals surface area contributed by atoms with Gasteiger partial charge in [0.2, 0.25) is 0 Å². The van der Waals surface area contributed by atoms with Gasteiger partial charge in [0.15, 0.2) is 0 Å². The number of hydrogen-bond donors (Lipinski definition) is 0. The summed E-state index contributed by atoms with van der Waals surface area (Å²) in [5.41, 5.74) is 0.799. The minimum Gasteiger partial charge on any atom is -0.364 e. The molecular formula is C10H14F2N2O. The Balaban J connectivity index is 1.92. The monoisotopic (exact) mass is 216 g/mol. The molecule has 0 aromatic carbocycles. The SMILES string of the molecule is CC1CN(Cc2ccon2)CCC1(F)F. The quantitative estimate of drug-likeness (QED) is 0.758. The van der Waals surface area contributed by atoms with Gasteiger partial charge in [-0.3, -0.25) is 4.90 Å². The van der Waals surface area contributed by atoms with E-state index in [9.17, 15) is 8.78 Å². The predicted molar refractivity (Wildman–Crippen MR) is 50.5 cm³/mol. The van der Waals surface area contributed by atoms with Gasteiger partial charge in [0.25, 0.3) is 5.92 Å². The molecule has 1 unspecified atom stereocenters. The Kier molecular flexibility index (Phi) is 2.73. The third kappa shape index (κ3) is 2.34. The molecule has 0 spiro atoms. The van der Waals surface area contributed by atoms with Gasteiger partial charge in [0.1, 0.15) is 6.26 Å². The van der Waals surface area contributed by atoms with Gasteiger partial charge in [0.05, 0.1) is 5.69 Å². The third-order valence-corrected chi connectivity index (χ3v) is 2.89. The topological polar surface area (TPSA) is 29.3 Å². The summed E-state index contributed by atoms with van der Waals surface area (Å²) >= 11 is 0. The number of rotatable bonds is 2. The summed E-state index contributed by atoms with van der Waals surface area (Å²) in [5.74, 6) is -3.10. The third-order valence-electron chi connectivity index (χ3n) is 2.89. The highest BCUT2D eigenvalue weighted by Gasteiger charge is 2.40. The lowest BCUT2D eigenvalue weighted by atomic mass is 9.95. The molecule has 5 heteroatoms. The smallest absolute Gasteiger partial charge is 0.253 e. The van der Waals surface area contributed by atoms with Crippen LogP contribution in [0.2, 0.25) is 0 Å². The summed E-state index contributed by atoms with van der Waals surface area (Å²) in [5, 5.41) is 3.77. The second kappa shape index (κ2) is 3.89. The fourth-order valence-electron chi connectivity index (χ4n) is 1.86. The van der Waals surface area contributed by atoms with E-state index in [4.69, 9.17) is 4.52 Å². The first-order valence-corrected chi connectivity index (χ1v) is 5.07. The first-order chi connectivity index (χ1) is 7.08. The molecule has 3 nitrogen and oxygen atoms in total. The van der Waals surface area contributed by atoms with Crippen molar-refractivity contribution in [2.24, 2.45) is 5.92 Å². The molecule has 2 rings (SSSR count). The summed E-state index contributed by atoms with van der Waals surface area (Å²) in [7, 11) is 0. The Bertz CT molecular complexity index is 313. The Morgan fingerprint density at radius 3 is 3.07 bits per heavy atom. The molecule has 15 heavy (non-hydrogen) atoms. The van der Waals surface area contributed by atoms with Crippen molar-refractivity contribution in [2.75, 3.05) is 13.1 Å². The normalized spacial score (nSPS) is 26.7. The van der Waals surface area contributed by atoms with Crippen LogP contribution >= 0.6 is 0 Å². The van der Waals surface area contributed by atoms with Crippen LogP contribution in [0.3, 0.4) is 0 Å². The van der Waals surface area contributed by atoms with Gasteiger partial charge in [0, 0.05) is 38.0 Å². The number of nitrogens with zero attached hydrogens (tertiary/aromatic N) is 2. The van der Waals surface area contributed by atoms with E-state index >= 15 is 0 Å². The van der Waals surface area contributed by atoms with Crippen LogP contribution in [-0.4, -0.2) is 29.1 Å². The van der Waals surface area contributed by atoms with Crippen LogP contribution in [0.4, 0.5) is 8.78 Å². The van der Waals surface area contributed by atoms with Crippen molar-refractivity contribution in [3.05, 3.63) is 18.0 Å². The van der Waals surface area contributed by atoms with Crippen LogP contribution < -0.4 is 0 Å². The van der Waals surface area contributed by atoms with E-state index in [0.717, 1.165) is 5.69 Å². The Hall–Kier alpha value is -0.970. The summed E-state index contributed by atoms with van der Waals surface area (Å²) in [6.45, 7) is 3.02. The van der Waals surface area contributed by atoms with E-state index in [0.29, 0.717) is 19.6 Å². The van der Waals surface area contributed by atoms with Crippen LogP contribution in [-0.2, 0) is 6.54 Å². The van der Waals surface area contributed by atoms with E-state index < -0.39 is 11.8 Å². The van der Waals surface area contributed by atoms with E-state index in [1.54, 1.807) is 13.0 Å². The van der Waals surface area contributed by atoms with Crippen molar-refractivity contribution >= 4 is 0 Å². The molecule has 1 aliphatic heterocycles. The summed E-state index contributed by atoms with van der Waals surface area (Å²) in [4.78, 5) is 1.99. The lowest BCUT2D eigenvalue weighted by Crippen LogP contribution is -2.45. The van der Waals surface area contributed by atoms with Crippen molar-refractivity contribution in [1.29, 1.82) is 0 Å². The molecule has 1 saturated heterocycles. The first-order valence-electron chi connectivity index (χ1n) is 5.07. The highest BCUT2D eigenvalue weighted by molar-refractivity contribution is 4.96. The summed E-state index contributed by atoms with van der Waals surface area (Å²) in [6.07, 6.45) is 1.43. The molecule has 0 aliphatic carbocycles. The molecular weight excluding hydrogens is 202 g/mol. The number of hydrogen-bond acceptors (Lipinski definition) is 3. The number of alkyl halides is 2. The highest BCUT2D eigenvalue weighted by atomic mass is 19.3. The van der Waals surface area contributed by atoms with Crippen molar-refractivity contribution in [1.82, 2.24) is 10.1 Å². The number of likely N-dealkylation sites (tertiary alicyclic amines) is 1. The minimum absolute atomic E-state index is 0.0635. The average Bonchev–Trinajstić information content (AvgIpc) is 2.65. The van der Waals surface area contributed by atoms with Gasteiger partial charge >= 0.3 is 0 Å². The van der Waals surface area contributed by atoms with Gasteiger partial charge in [-0.15, -0.1) is 0 Å². The zero-order valence-corrected chi connectivity index (χ0v) is 8.62. The molecule has 1 aromatic rings. The van der Waals surface area contributed by atoms with Crippen molar-refractivity contribution in [2.45, 2.75) is 25.8 Å². The fourth-order valence-corrected chi connectivity index (χ4v) is 1.86.